The average Bonchev–Trinajstić information content (AvgIpc) is 2.82. The maximum absolute atomic E-state index is 6.20. The fraction of sp³-hybridized carbons (Fsp3) is 0.375. The number of hydrogen-bond donors (Lipinski definition) is 1. The Hall–Kier alpha value is -1.12. The Bertz CT molecular complexity index is 477. The normalized spacial score (nSPS) is 13.6. The Kier molecular flexibility index (Phi) is 3.88. The Morgan fingerprint density at radius 3 is 2.28 bits per heavy atom. The molecule has 0 fully saturated rings. The van der Waals surface area contributed by atoms with Gasteiger partial charge in [0.1, 0.15) is 0 Å². The van der Waals surface area contributed by atoms with Gasteiger partial charge in [0.15, 0.2) is 0 Å². The fourth-order valence-corrected chi connectivity index (χ4v) is 2.72. The highest BCUT2D eigenvalue weighted by Crippen LogP contribution is 2.24. The van der Waals surface area contributed by atoms with Gasteiger partial charge in [0.25, 0.3) is 0 Å². The first kappa shape index (κ1) is 13.3. The van der Waals surface area contributed by atoms with Gasteiger partial charge in [0.2, 0.25) is 0 Å². The van der Waals surface area contributed by atoms with Crippen LogP contribution in [0.15, 0.2) is 41.1 Å². The minimum Gasteiger partial charge on any atom is -0.324 e. The highest BCUT2D eigenvalue weighted by Gasteiger charge is 2.13. The largest absolute Gasteiger partial charge is 0.324 e. The van der Waals surface area contributed by atoms with Gasteiger partial charge in [-0.1, -0.05) is 45.0 Å². The van der Waals surface area contributed by atoms with Crippen molar-refractivity contribution in [1.82, 2.24) is 0 Å². The lowest BCUT2D eigenvalue weighted by molar-refractivity contribution is 0.589. The summed E-state index contributed by atoms with van der Waals surface area (Å²) in [6.45, 7) is 6.71. The van der Waals surface area contributed by atoms with Gasteiger partial charge >= 0.3 is 0 Å². The summed E-state index contributed by atoms with van der Waals surface area (Å²) in [6, 6.07) is 11.1. The third-order valence-electron chi connectivity index (χ3n) is 3.25. The van der Waals surface area contributed by atoms with E-state index in [9.17, 15) is 0 Å². The summed E-state index contributed by atoms with van der Waals surface area (Å²) in [4.78, 5) is 0. The van der Waals surface area contributed by atoms with Crippen molar-refractivity contribution in [2.75, 3.05) is 0 Å². The van der Waals surface area contributed by atoms with Crippen molar-refractivity contribution in [3.05, 3.63) is 57.8 Å². The maximum Gasteiger partial charge on any atom is 0.0344 e. The molecule has 1 heterocycles. The number of nitrogens with two attached hydrogens (primary N) is 1. The van der Waals surface area contributed by atoms with Crippen molar-refractivity contribution in [3.63, 3.8) is 0 Å². The van der Waals surface area contributed by atoms with Crippen LogP contribution in [-0.4, -0.2) is 0 Å². The number of rotatable bonds is 3. The van der Waals surface area contributed by atoms with E-state index in [1.54, 1.807) is 11.3 Å². The molecule has 2 N–H and O–H groups in total. The fourth-order valence-electron chi connectivity index (χ4n) is 2.00. The lowest BCUT2D eigenvalue weighted by Gasteiger charge is -2.19. The van der Waals surface area contributed by atoms with Crippen molar-refractivity contribution >= 4 is 11.3 Å². The minimum absolute atomic E-state index is 0.108. The number of hydrogen-bond acceptors (Lipinski definition) is 2. The smallest absolute Gasteiger partial charge is 0.0344 e. The second-order valence-corrected chi connectivity index (χ2v) is 6.59. The van der Waals surface area contributed by atoms with E-state index >= 15 is 0 Å². The Morgan fingerprint density at radius 1 is 1.11 bits per heavy atom. The molecule has 0 bridgehead atoms. The van der Waals surface area contributed by atoms with Crippen LogP contribution in [0.4, 0.5) is 0 Å². The molecule has 96 valence electrons. The van der Waals surface area contributed by atoms with E-state index in [0.29, 0.717) is 0 Å². The van der Waals surface area contributed by atoms with Gasteiger partial charge in [0, 0.05) is 6.04 Å². The van der Waals surface area contributed by atoms with E-state index < -0.39 is 0 Å². The molecular weight excluding hydrogens is 238 g/mol. The summed E-state index contributed by atoms with van der Waals surface area (Å²) >= 11 is 1.70. The van der Waals surface area contributed by atoms with Gasteiger partial charge in [-0.05, 0) is 45.4 Å². The summed E-state index contributed by atoms with van der Waals surface area (Å²) in [6.07, 6.45) is 0.904. The molecule has 1 nitrogen and oxygen atoms in total. The molecule has 0 aliphatic rings. The molecule has 0 radical (unpaired) electrons. The highest BCUT2D eigenvalue weighted by atomic mass is 32.1. The van der Waals surface area contributed by atoms with E-state index in [1.807, 2.05) is 0 Å². The van der Waals surface area contributed by atoms with Gasteiger partial charge < -0.3 is 5.73 Å². The second-order valence-electron chi connectivity index (χ2n) is 5.81. The van der Waals surface area contributed by atoms with Gasteiger partial charge in [0.05, 0.1) is 0 Å². The van der Waals surface area contributed by atoms with Gasteiger partial charge in [-0.25, -0.2) is 0 Å². The SMILES string of the molecule is CC(C)(C)c1ccc(CC(N)c2ccsc2)cc1. The van der Waals surface area contributed by atoms with Crippen LogP contribution in [0.5, 0.6) is 0 Å². The lowest BCUT2D eigenvalue weighted by Crippen LogP contribution is -2.13. The van der Waals surface area contributed by atoms with E-state index in [-0.39, 0.29) is 11.5 Å². The van der Waals surface area contributed by atoms with Crippen LogP contribution in [0.25, 0.3) is 0 Å². The van der Waals surface area contributed by atoms with Crippen LogP contribution in [0.2, 0.25) is 0 Å². The Labute approximate surface area is 114 Å². The maximum atomic E-state index is 6.20. The average molecular weight is 259 g/mol. The zero-order valence-electron chi connectivity index (χ0n) is 11.3. The van der Waals surface area contributed by atoms with Crippen LogP contribution in [0.1, 0.15) is 43.5 Å². The van der Waals surface area contributed by atoms with Crippen LogP contribution in [0, 0.1) is 0 Å². The van der Waals surface area contributed by atoms with Gasteiger partial charge in [-0.2, -0.15) is 11.3 Å². The van der Waals surface area contributed by atoms with E-state index in [0.717, 1.165) is 6.42 Å². The number of thiophene rings is 1. The Morgan fingerprint density at radius 2 is 1.78 bits per heavy atom. The molecule has 2 aromatic rings. The van der Waals surface area contributed by atoms with Crippen molar-refractivity contribution in [2.45, 2.75) is 38.6 Å². The van der Waals surface area contributed by atoms with Crippen LogP contribution < -0.4 is 5.73 Å². The monoisotopic (exact) mass is 259 g/mol. The first-order chi connectivity index (χ1) is 8.47. The van der Waals surface area contributed by atoms with Crippen molar-refractivity contribution in [3.8, 4) is 0 Å². The van der Waals surface area contributed by atoms with Crippen LogP contribution in [0.3, 0.4) is 0 Å². The molecule has 18 heavy (non-hydrogen) atoms. The molecular formula is C16H21NS. The lowest BCUT2D eigenvalue weighted by atomic mass is 9.86. The molecule has 2 heteroatoms. The molecule has 1 atom stereocenters. The predicted molar refractivity (Wildman–Crippen MR) is 80.1 cm³/mol. The molecule has 0 spiro atoms. The summed E-state index contributed by atoms with van der Waals surface area (Å²) in [5, 5.41) is 4.21. The van der Waals surface area contributed by atoms with Gasteiger partial charge in [-0.15, -0.1) is 0 Å². The predicted octanol–water partition coefficient (Wildman–Crippen LogP) is 4.29. The first-order valence-corrected chi connectivity index (χ1v) is 7.28. The molecule has 0 amide bonds. The zero-order chi connectivity index (χ0) is 13.2. The third kappa shape index (κ3) is 3.21. The highest BCUT2D eigenvalue weighted by molar-refractivity contribution is 7.07. The molecule has 1 aromatic carbocycles. The molecule has 1 unspecified atom stereocenters. The Balaban J connectivity index is 2.07. The van der Waals surface area contributed by atoms with E-state index in [1.165, 1.54) is 16.7 Å². The van der Waals surface area contributed by atoms with Crippen molar-refractivity contribution in [2.24, 2.45) is 5.73 Å². The summed E-state index contributed by atoms with van der Waals surface area (Å²) in [7, 11) is 0. The van der Waals surface area contributed by atoms with Crippen molar-refractivity contribution in [1.29, 1.82) is 0 Å². The third-order valence-corrected chi connectivity index (χ3v) is 3.95. The number of benzene rings is 1. The van der Waals surface area contributed by atoms with Crippen molar-refractivity contribution < 1.29 is 0 Å². The molecule has 0 saturated heterocycles. The standard InChI is InChI=1S/C16H21NS/c1-16(2,3)14-6-4-12(5-7-14)10-15(17)13-8-9-18-11-13/h4-9,11,15H,10,17H2,1-3H3. The minimum atomic E-state index is 0.108. The van der Waals surface area contributed by atoms with E-state index in [4.69, 9.17) is 5.73 Å². The van der Waals surface area contributed by atoms with E-state index in [2.05, 4.69) is 61.9 Å². The summed E-state index contributed by atoms with van der Waals surface area (Å²) in [5.41, 5.74) is 10.3. The topological polar surface area (TPSA) is 26.0 Å². The summed E-state index contributed by atoms with van der Waals surface area (Å²) in [5.74, 6) is 0. The molecule has 0 saturated carbocycles. The quantitative estimate of drug-likeness (QED) is 0.874. The van der Waals surface area contributed by atoms with Gasteiger partial charge in [-0.3, -0.25) is 0 Å². The van der Waals surface area contributed by atoms with Crippen LogP contribution in [-0.2, 0) is 11.8 Å². The summed E-state index contributed by atoms with van der Waals surface area (Å²) < 4.78 is 0. The molecule has 1 aromatic heterocycles. The molecule has 2 rings (SSSR count). The van der Waals surface area contributed by atoms with Crippen LogP contribution >= 0.6 is 11.3 Å². The first-order valence-electron chi connectivity index (χ1n) is 6.34. The second kappa shape index (κ2) is 5.25. The zero-order valence-corrected chi connectivity index (χ0v) is 12.1. The molecule has 0 aliphatic heterocycles. The molecule has 0 aliphatic carbocycles.